The zero-order valence-electron chi connectivity index (χ0n) is 27.7. The number of anilines is 5. The minimum Gasteiger partial charge on any atom is -0.354 e. The SMILES string of the molecule is C=CCC/C=C\C.Fc1ccc(Nc2cc3ccccc3c3c2sc2c(N(c4ccccc4)c4ccc(F)cc4)cc4ccccc4c23)cc1. The van der Waals surface area contributed by atoms with Crippen LogP contribution in [0.2, 0.25) is 0 Å². The lowest BCUT2D eigenvalue weighted by Gasteiger charge is -2.26. The molecule has 0 atom stereocenters. The molecule has 0 spiro atoms. The van der Waals surface area contributed by atoms with Crippen LogP contribution in [-0.4, -0.2) is 0 Å². The summed E-state index contributed by atoms with van der Waals surface area (Å²) >= 11 is 1.74. The minimum atomic E-state index is -0.273. The predicted octanol–water partition coefficient (Wildman–Crippen LogP) is 14.4. The Morgan fingerprint density at radius 3 is 1.84 bits per heavy atom. The third-order valence-electron chi connectivity index (χ3n) is 8.67. The van der Waals surface area contributed by atoms with Crippen LogP contribution in [0.15, 0.2) is 164 Å². The maximum Gasteiger partial charge on any atom is 0.123 e. The van der Waals surface area contributed by atoms with Gasteiger partial charge in [-0.2, -0.15) is 0 Å². The quantitative estimate of drug-likeness (QED) is 0.127. The molecule has 1 heterocycles. The molecule has 0 aliphatic heterocycles. The first-order valence-electron chi connectivity index (χ1n) is 16.7. The molecule has 246 valence electrons. The predicted molar refractivity (Wildman–Crippen MR) is 213 cm³/mol. The molecule has 0 amide bonds. The third-order valence-corrected chi connectivity index (χ3v) is 9.92. The molecule has 0 bridgehead atoms. The lowest BCUT2D eigenvalue weighted by molar-refractivity contribution is 0.627. The maximum atomic E-state index is 14.1. The molecule has 0 radical (unpaired) electrons. The molecule has 0 aliphatic carbocycles. The molecule has 0 aliphatic rings. The summed E-state index contributed by atoms with van der Waals surface area (Å²) in [6.45, 7) is 5.63. The van der Waals surface area contributed by atoms with Crippen LogP contribution in [0.1, 0.15) is 19.8 Å². The summed E-state index contributed by atoms with van der Waals surface area (Å²) in [5, 5.41) is 10.5. The molecule has 0 unspecified atom stereocenters. The van der Waals surface area contributed by atoms with Gasteiger partial charge in [0.25, 0.3) is 0 Å². The topological polar surface area (TPSA) is 15.3 Å². The van der Waals surface area contributed by atoms with Gasteiger partial charge in [0.15, 0.2) is 0 Å². The van der Waals surface area contributed by atoms with Crippen molar-refractivity contribution < 1.29 is 8.78 Å². The Bertz CT molecular complexity index is 2450. The second kappa shape index (κ2) is 14.8. The first-order valence-corrected chi connectivity index (χ1v) is 17.5. The Kier molecular flexibility index (Phi) is 9.68. The Balaban J connectivity index is 0.000000510. The van der Waals surface area contributed by atoms with Gasteiger partial charge in [-0.05, 0) is 114 Å². The first-order chi connectivity index (χ1) is 24.6. The van der Waals surface area contributed by atoms with Crippen molar-refractivity contribution in [3.63, 3.8) is 0 Å². The number of fused-ring (bicyclic) bond motifs is 7. The van der Waals surface area contributed by atoms with Crippen molar-refractivity contribution in [3.8, 4) is 0 Å². The molecule has 7 aromatic carbocycles. The number of thiophene rings is 1. The summed E-state index contributed by atoms with van der Waals surface area (Å²) < 4.78 is 30.1. The lowest BCUT2D eigenvalue weighted by Crippen LogP contribution is -2.10. The van der Waals surface area contributed by atoms with Crippen LogP contribution in [0, 0.1) is 11.6 Å². The molecule has 8 aromatic rings. The van der Waals surface area contributed by atoms with Crippen LogP contribution >= 0.6 is 11.3 Å². The number of rotatable bonds is 8. The van der Waals surface area contributed by atoms with E-state index in [9.17, 15) is 8.78 Å². The first kappa shape index (κ1) is 32.8. The monoisotopic (exact) mass is 674 g/mol. The highest BCUT2D eigenvalue weighted by atomic mass is 32.1. The van der Waals surface area contributed by atoms with Gasteiger partial charge in [0.1, 0.15) is 11.6 Å². The standard InChI is InChI=1S/C38H24F2N2S.C7H12/c39-26-14-18-28(19-15-26)41-33-22-24-8-4-6-12-31(24)35-36-32-13-7-5-9-25(32)23-34(38(36)43-37(33)35)42(29-10-2-1-3-11-29)30-20-16-27(40)17-21-30;1-3-5-7-6-4-2/h1-23,41H;3-4,6H,1,5,7H2,2H3/b;6-4-. The summed E-state index contributed by atoms with van der Waals surface area (Å²) in [4.78, 5) is 2.21. The highest BCUT2D eigenvalue weighted by Gasteiger charge is 2.23. The number of unbranched alkanes of at least 4 members (excludes halogenated alkanes) is 1. The largest absolute Gasteiger partial charge is 0.354 e. The van der Waals surface area contributed by atoms with E-state index in [2.05, 4.69) is 102 Å². The summed E-state index contributed by atoms with van der Waals surface area (Å²) in [5.74, 6) is -0.542. The summed E-state index contributed by atoms with van der Waals surface area (Å²) in [5.41, 5.74) is 4.65. The molecule has 0 saturated heterocycles. The maximum absolute atomic E-state index is 14.1. The normalized spacial score (nSPS) is 11.3. The second-order valence-electron chi connectivity index (χ2n) is 12.0. The molecule has 2 nitrogen and oxygen atoms in total. The summed E-state index contributed by atoms with van der Waals surface area (Å²) in [6.07, 6.45) is 8.37. The van der Waals surface area contributed by atoms with Gasteiger partial charge in [0.2, 0.25) is 0 Å². The van der Waals surface area contributed by atoms with E-state index in [1.54, 1.807) is 23.5 Å². The molecule has 8 rings (SSSR count). The van der Waals surface area contributed by atoms with Crippen LogP contribution < -0.4 is 10.2 Å². The van der Waals surface area contributed by atoms with Gasteiger partial charge in [0, 0.05) is 27.8 Å². The molecular weight excluding hydrogens is 639 g/mol. The van der Waals surface area contributed by atoms with Crippen LogP contribution in [0.25, 0.3) is 41.7 Å². The molecule has 0 saturated carbocycles. The number of hydrogen-bond acceptors (Lipinski definition) is 3. The van der Waals surface area contributed by atoms with Gasteiger partial charge in [0.05, 0.1) is 20.8 Å². The molecule has 0 fully saturated rings. The second-order valence-corrected chi connectivity index (χ2v) is 13.0. The smallest absolute Gasteiger partial charge is 0.123 e. The van der Waals surface area contributed by atoms with E-state index in [4.69, 9.17) is 0 Å². The fraction of sp³-hybridized carbons (Fsp3) is 0.0667. The molecule has 5 heteroatoms. The van der Waals surface area contributed by atoms with E-state index in [-0.39, 0.29) is 11.6 Å². The van der Waals surface area contributed by atoms with Crippen molar-refractivity contribution in [1.29, 1.82) is 0 Å². The minimum absolute atomic E-state index is 0.269. The van der Waals surface area contributed by atoms with Gasteiger partial charge in [-0.25, -0.2) is 8.78 Å². The number of para-hydroxylation sites is 1. The van der Waals surface area contributed by atoms with Crippen molar-refractivity contribution in [2.24, 2.45) is 0 Å². The van der Waals surface area contributed by atoms with Crippen LogP contribution in [0.3, 0.4) is 0 Å². The van der Waals surface area contributed by atoms with Crippen molar-refractivity contribution in [2.45, 2.75) is 19.8 Å². The van der Waals surface area contributed by atoms with Gasteiger partial charge < -0.3 is 10.2 Å². The van der Waals surface area contributed by atoms with Crippen molar-refractivity contribution in [2.75, 3.05) is 10.2 Å². The van der Waals surface area contributed by atoms with E-state index in [1.807, 2.05) is 43.3 Å². The van der Waals surface area contributed by atoms with Gasteiger partial charge in [-0.15, -0.1) is 17.9 Å². The summed E-state index contributed by atoms with van der Waals surface area (Å²) in [7, 11) is 0. The van der Waals surface area contributed by atoms with E-state index < -0.39 is 0 Å². The highest BCUT2D eigenvalue weighted by molar-refractivity contribution is 7.27. The number of nitrogens with one attached hydrogen (secondary N) is 1. The highest BCUT2D eigenvalue weighted by Crippen LogP contribution is 2.51. The van der Waals surface area contributed by atoms with Gasteiger partial charge in [-0.1, -0.05) is 85.0 Å². The number of benzene rings is 7. The number of allylic oxidation sites excluding steroid dienone is 3. The number of nitrogens with zero attached hydrogens (tertiary/aromatic N) is 1. The number of halogens is 2. The van der Waals surface area contributed by atoms with Crippen LogP contribution in [-0.2, 0) is 0 Å². The van der Waals surface area contributed by atoms with Crippen molar-refractivity contribution in [3.05, 3.63) is 176 Å². The molecule has 1 N–H and O–H groups in total. The van der Waals surface area contributed by atoms with E-state index in [0.717, 1.165) is 61.5 Å². The zero-order valence-corrected chi connectivity index (χ0v) is 28.6. The van der Waals surface area contributed by atoms with E-state index in [1.165, 1.54) is 45.8 Å². The Hall–Kier alpha value is -5.78. The average molecular weight is 675 g/mol. The van der Waals surface area contributed by atoms with Gasteiger partial charge in [-0.3, -0.25) is 0 Å². The lowest BCUT2D eigenvalue weighted by atomic mass is 9.97. The zero-order chi connectivity index (χ0) is 34.5. The number of hydrogen-bond donors (Lipinski definition) is 1. The van der Waals surface area contributed by atoms with E-state index in [0.29, 0.717) is 0 Å². The van der Waals surface area contributed by atoms with Crippen molar-refractivity contribution >= 4 is 81.5 Å². The Labute approximate surface area is 295 Å². The Morgan fingerprint density at radius 1 is 0.640 bits per heavy atom. The fourth-order valence-corrected chi connectivity index (χ4v) is 7.68. The molecule has 50 heavy (non-hydrogen) atoms. The fourth-order valence-electron chi connectivity index (χ4n) is 6.37. The third kappa shape index (κ3) is 6.60. The van der Waals surface area contributed by atoms with Crippen LogP contribution in [0.4, 0.5) is 37.2 Å². The van der Waals surface area contributed by atoms with Crippen molar-refractivity contribution in [1.82, 2.24) is 0 Å². The Morgan fingerprint density at radius 2 is 1.20 bits per heavy atom. The average Bonchev–Trinajstić information content (AvgIpc) is 3.57. The van der Waals surface area contributed by atoms with E-state index >= 15 is 0 Å². The molecule has 1 aromatic heterocycles. The van der Waals surface area contributed by atoms with Crippen LogP contribution in [0.5, 0.6) is 0 Å². The van der Waals surface area contributed by atoms with Gasteiger partial charge >= 0.3 is 0 Å². The summed E-state index contributed by atoms with van der Waals surface area (Å²) in [6, 6.07) is 44.7. The molecular formula is C45H36F2N2S.